The number of hydrogen-bond acceptors (Lipinski definition) is 4. The summed E-state index contributed by atoms with van der Waals surface area (Å²) >= 11 is 1.48. The van der Waals surface area contributed by atoms with Gasteiger partial charge in [0.05, 0.1) is 18.9 Å². The highest BCUT2D eigenvalue weighted by molar-refractivity contribution is 7.99. The maximum atomic E-state index is 12.9. The van der Waals surface area contributed by atoms with Gasteiger partial charge in [0, 0.05) is 24.6 Å². The molecule has 6 heteroatoms. The number of hydrogen-bond donors (Lipinski definition) is 0. The second-order valence-corrected chi connectivity index (χ2v) is 7.66. The Balaban J connectivity index is 1.43. The lowest BCUT2D eigenvalue weighted by molar-refractivity contribution is -0.129. The number of amides is 1. The Bertz CT molecular complexity index is 924. The zero-order valence-corrected chi connectivity index (χ0v) is 16.6. The molecule has 144 valence electrons. The summed E-state index contributed by atoms with van der Waals surface area (Å²) in [6.07, 6.45) is 5.76. The van der Waals surface area contributed by atoms with Gasteiger partial charge < -0.3 is 9.64 Å². The van der Waals surface area contributed by atoms with E-state index in [0.717, 1.165) is 36.0 Å². The molecule has 0 radical (unpaired) electrons. The summed E-state index contributed by atoms with van der Waals surface area (Å²) in [6.45, 7) is 0.825. The van der Waals surface area contributed by atoms with Crippen molar-refractivity contribution in [2.75, 3.05) is 19.4 Å². The summed E-state index contributed by atoms with van der Waals surface area (Å²) in [7, 11) is 1.65. The van der Waals surface area contributed by atoms with Gasteiger partial charge in [0.2, 0.25) is 5.91 Å². The predicted molar refractivity (Wildman–Crippen MR) is 111 cm³/mol. The van der Waals surface area contributed by atoms with E-state index in [9.17, 15) is 4.79 Å². The summed E-state index contributed by atoms with van der Waals surface area (Å²) < 4.78 is 7.22. The van der Waals surface area contributed by atoms with Gasteiger partial charge in [0.1, 0.15) is 5.75 Å². The minimum absolute atomic E-state index is 0.167. The molecule has 1 atom stereocenters. The first-order chi connectivity index (χ1) is 13.8. The van der Waals surface area contributed by atoms with Crippen LogP contribution in [-0.4, -0.2) is 39.8 Å². The average molecular weight is 394 g/mol. The number of thioether (sulfide) groups is 1. The van der Waals surface area contributed by atoms with Gasteiger partial charge in [-0.05, 0) is 42.7 Å². The predicted octanol–water partition coefficient (Wildman–Crippen LogP) is 4.34. The van der Waals surface area contributed by atoms with Gasteiger partial charge in [-0.15, -0.1) is 0 Å². The first-order valence-electron chi connectivity index (χ1n) is 9.41. The number of nitrogens with zero attached hydrogens (tertiary/aromatic N) is 3. The lowest BCUT2D eigenvalue weighted by Gasteiger charge is -2.25. The van der Waals surface area contributed by atoms with Crippen molar-refractivity contribution in [1.29, 1.82) is 0 Å². The van der Waals surface area contributed by atoms with Crippen LogP contribution in [0.5, 0.6) is 5.75 Å². The van der Waals surface area contributed by atoms with Crippen LogP contribution in [0, 0.1) is 0 Å². The molecular formula is C22H23N3O2S. The van der Waals surface area contributed by atoms with Crippen molar-refractivity contribution in [3.05, 3.63) is 72.6 Å². The molecule has 1 amide bonds. The molecule has 0 spiro atoms. The first-order valence-corrected chi connectivity index (χ1v) is 10.4. The van der Waals surface area contributed by atoms with Crippen molar-refractivity contribution >= 4 is 17.7 Å². The van der Waals surface area contributed by atoms with Crippen LogP contribution in [-0.2, 0) is 4.79 Å². The van der Waals surface area contributed by atoms with E-state index in [4.69, 9.17) is 4.74 Å². The number of imidazole rings is 1. The minimum atomic E-state index is 0.167. The van der Waals surface area contributed by atoms with E-state index in [1.54, 1.807) is 13.3 Å². The van der Waals surface area contributed by atoms with Crippen LogP contribution in [0.25, 0.3) is 5.69 Å². The highest BCUT2D eigenvalue weighted by atomic mass is 32.2. The molecular weight excluding hydrogens is 370 g/mol. The van der Waals surface area contributed by atoms with E-state index < -0.39 is 0 Å². The monoisotopic (exact) mass is 393 g/mol. The van der Waals surface area contributed by atoms with Crippen LogP contribution in [0.1, 0.15) is 24.4 Å². The third kappa shape index (κ3) is 3.92. The van der Waals surface area contributed by atoms with Gasteiger partial charge >= 0.3 is 0 Å². The number of benzene rings is 2. The highest BCUT2D eigenvalue weighted by Crippen LogP contribution is 2.33. The zero-order valence-electron chi connectivity index (χ0n) is 15.8. The van der Waals surface area contributed by atoms with Gasteiger partial charge in [0.25, 0.3) is 0 Å². The number of aromatic nitrogens is 2. The van der Waals surface area contributed by atoms with E-state index in [1.165, 1.54) is 17.3 Å². The Morgan fingerprint density at radius 2 is 1.96 bits per heavy atom. The van der Waals surface area contributed by atoms with Crippen molar-refractivity contribution in [1.82, 2.24) is 14.5 Å². The van der Waals surface area contributed by atoms with Crippen molar-refractivity contribution < 1.29 is 9.53 Å². The first kappa shape index (κ1) is 18.6. The molecule has 0 bridgehead atoms. The van der Waals surface area contributed by atoms with Crippen LogP contribution < -0.4 is 4.74 Å². The third-order valence-corrected chi connectivity index (χ3v) is 5.99. The third-order valence-electron chi connectivity index (χ3n) is 5.04. The molecule has 1 aliphatic rings. The van der Waals surface area contributed by atoms with Gasteiger partial charge in [-0.3, -0.25) is 9.36 Å². The van der Waals surface area contributed by atoms with E-state index in [-0.39, 0.29) is 11.9 Å². The molecule has 0 saturated carbocycles. The summed E-state index contributed by atoms with van der Waals surface area (Å²) in [5.74, 6) is 1.37. The SMILES string of the molecule is COc1ccc(-n2ccnc2SCC(=O)N2CCC[C@H]2c2ccccc2)cc1. The smallest absolute Gasteiger partial charge is 0.233 e. The molecule has 0 unspecified atom stereocenters. The summed E-state index contributed by atoms with van der Waals surface area (Å²) in [5.41, 5.74) is 2.22. The number of likely N-dealkylation sites (tertiary alicyclic amines) is 1. The number of rotatable bonds is 6. The van der Waals surface area contributed by atoms with E-state index >= 15 is 0 Å². The fourth-order valence-corrected chi connectivity index (χ4v) is 4.49. The van der Waals surface area contributed by atoms with Gasteiger partial charge in [0.15, 0.2) is 5.16 Å². The molecule has 4 rings (SSSR count). The zero-order chi connectivity index (χ0) is 19.3. The Hall–Kier alpha value is -2.73. The number of carbonyl (C=O) groups excluding carboxylic acids is 1. The normalized spacial score (nSPS) is 16.3. The second kappa shape index (κ2) is 8.52. The van der Waals surface area contributed by atoms with Crippen molar-refractivity contribution in [2.24, 2.45) is 0 Å². The van der Waals surface area contributed by atoms with E-state index in [1.807, 2.05) is 58.1 Å². The Morgan fingerprint density at radius 1 is 1.18 bits per heavy atom. The van der Waals surface area contributed by atoms with Crippen LogP contribution in [0.15, 0.2) is 72.1 Å². The molecule has 2 aromatic carbocycles. The molecule has 1 fully saturated rings. The summed E-state index contributed by atoms with van der Waals surface area (Å²) in [5, 5.41) is 0.814. The van der Waals surface area contributed by atoms with Crippen molar-refractivity contribution in [2.45, 2.75) is 24.0 Å². The highest BCUT2D eigenvalue weighted by Gasteiger charge is 2.29. The fraction of sp³-hybridized carbons (Fsp3) is 0.273. The standard InChI is InChI=1S/C22H23N3O2S/c1-27-19-11-9-18(10-12-19)24-15-13-23-22(24)28-16-21(26)25-14-5-8-20(25)17-6-3-2-4-7-17/h2-4,6-7,9-13,15,20H,5,8,14,16H2,1H3/t20-/m0/s1. The minimum Gasteiger partial charge on any atom is -0.497 e. The maximum Gasteiger partial charge on any atom is 0.233 e. The molecule has 0 N–H and O–H groups in total. The molecule has 5 nitrogen and oxygen atoms in total. The van der Waals surface area contributed by atoms with Crippen LogP contribution >= 0.6 is 11.8 Å². The second-order valence-electron chi connectivity index (χ2n) is 6.72. The van der Waals surface area contributed by atoms with Gasteiger partial charge in [-0.1, -0.05) is 42.1 Å². The fourth-order valence-electron chi connectivity index (χ4n) is 3.63. The molecule has 1 saturated heterocycles. The van der Waals surface area contributed by atoms with Gasteiger partial charge in [-0.25, -0.2) is 4.98 Å². The molecule has 1 aliphatic heterocycles. The lowest BCUT2D eigenvalue weighted by atomic mass is 10.0. The number of ether oxygens (including phenoxy) is 1. The number of carbonyl (C=O) groups is 1. The Kier molecular flexibility index (Phi) is 5.67. The van der Waals surface area contributed by atoms with Crippen LogP contribution in [0.2, 0.25) is 0 Å². The maximum absolute atomic E-state index is 12.9. The lowest BCUT2D eigenvalue weighted by Crippen LogP contribution is -2.32. The summed E-state index contributed by atoms with van der Waals surface area (Å²) in [6, 6.07) is 18.3. The van der Waals surface area contributed by atoms with Crippen molar-refractivity contribution in [3.8, 4) is 11.4 Å². The topological polar surface area (TPSA) is 47.4 Å². The molecule has 0 aliphatic carbocycles. The largest absolute Gasteiger partial charge is 0.497 e. The van der Waals surface area contributed by atoms with Gasteiger partial charge in [-0.2, -0.15) is 0 Å². The van der Waals surface area contributed by atoms with Crippen LogP contribution in [0.3, 0.4) is 0 Å². The van der Waals surface area contributed by atoms with E-state index in [2.05, 4.69) is 17.1 Å². The van der Waals surface area contributed by atoms with Crippen molar-refractivity contribution in [3.63, 3.8) is 0 Å². The Labute approximate surface area is 169 Å². The summed E-state index contributed by atoms with van der Waals surface area (Å²) in [4.78, 5) is 19.4. The Morgan fingerprint density at radius 3 is 2.71 bits per heavy atom. The molecule has 1 aromatic heterocycles. The molecule has 3 aromatic rings. The molecule has 2 heterocycles. The molecule has 28 heavy (non-hydrogen) atoms. The number of methoxy groups -OCH3 is 1. The average Bonchev–Trinajstić information content (AvgIpc) is 3.42. The van der Waals surface area contributed by atoms with E-state index in [0.29, 0.717) is 5.75 Å². The van der Waals surface area contributed by atoms with Crippen LogP contribution in [0.4, 0.5) is 0 Å². The quantitative estimate of drug-likeness (QED) is 0.585.